The highest BCUT2D eigenvalue weighted by Gasteiger charge is 2.20. The van der Waals surface area contributed by atoms with Gasteiger partial charge in [-0.05, 0) is 45.5 Å². The first kappa shape index (κ1) is 10.4. The number of nitrogens with one attached hydrogen (secondary N) is 1. The van der Waals surface area contributed by atoms with Gasteiger partial charge in [0.05, 0.1) is 0 Å². The molecule has 1 unspecified atom stereocenters. The molecule has 0 bridgehead atoms. The Hall–Kier alpha value is -1.09. The maximum Gasteiger partial charge on any atom is 0.126 e. The lowest BCUT2D eigenvalue weighted by atomic mass is 10.2. The van der Waals surface area contributed by atoms with Crippen molar-refractivity contribution in [2.24, 2.45) is 0 Å². The molecule has 3 heteroatoms. The normalized spacial score (nSPS) is 21.9. The van der Waals surface area contributed by atoms with E-state index in [1.54, 1.807) is 0 Å². The number of anilines is 1. The standard InChI is InChI=1S/C12H19N3/c1-10-5-3-7-12(14-10)13-9-11-6-4-8-15(11)2/h3,5,7,11H,4,6,8-9H2,1-2H3,(H,13,14). The monoisotopic (exact) mass is 205 g/mol. The van der Waals surface area contributed by atoms with Gasteiger partial charge in [-0.3, -0.25) is 0 Å². The highest BCUT2D eigenvalue weighted by atomic mass is 15.2. The first-order valence-corrected chi connectivity index (χ1v) is 5.63. The van der Waals surface area contributed by atoms with Crippen molar-refractivity contribution in [2.75, 3.05) is 25.5 Å². The zero-order valence-corrected chi connectivity index (χ0v) is 9.53. The Bertz CT molecular complexity index is 324. The van der Waals surface area contributed by atoms with Crippen LogP contribution in [0.25, 0.3) is 0 Å². The third kappa shape index (κ3) is 2.69. The van der Waals surface area contributed by atoms with Crippen LogP contribution in [-0.2, 0) is 0 Å². The van der Waals surface area contributed by atoms with E-state index in [2.05, 4.69) is 22.2 Å². The van der Waals surface area contributed by atoms with Crippen molar-refractivity contribution in [3.05, 3.63) is 23.9 Å². The topological polar surface area (TPSA) is 28.2 Å². The van der Waals surface area contributed by atoms with Gasteiger partial charge in [0, 0.05) is 18.3 Å². The molecule has 0 amide bonds. The molecule has 3 nitrogen and oxygen atoms in total. The van der Waals surface area contributed by atoms with Crippen LogP contribution in [0.4, 0.5) is 5.82 Å². The van der Waals surface area contributed by atoms with Gasteiger partial charge in [0.1, 0.15) is 5.82 Å². The van der Waals surface area contributed by atoms with E-state index in [0.29, 0.717) is 6.04 Å². The first-order valence-electron chi connectivity index (χ1n) is 5.63. The van der Waals surface area contributed by atoms with Gasteiger partial charge in [-0.2, -0.15) is 0 Å². The molecule has 0 aromatic carbocycles. The van der Waals surface area contributed by atoms with Crippen LogP contribution in [0, 0.1) is 6.92 Å². The van der Waals surface area contributed by atoms with E-state index in [0.717, 1.165) is 18.1 Å². The second kappa shape index (κ2) is 4.62. The Morgan fingerprint density at radius 3 is 3.07 bits per heavy atom. The predicted molar refractivity (Wildman–Crippen MR) is 63.1 cm³/mol. The summed E-state index contributed by atoms with van der Waals surface area (Å²) < 4.78 is 0. The van der Waals surface area contributed by atoms with Crippen molar-refractivity contribution in [1.82, 2.24) is 9.88 Å². The Labute approximate surface area is 91.5 Å². The number of likely N-dealkylation sites (tertiary alicyclic amines) is 1. The van der Waals surface area contributed by atoms with Crippen molar-refractivity contribution < 1.29 is 0 Å². The van der Waals surface area contributed by atoms with E-state index in [1.807, 2.05) is 25.1 Å². The number of hydrogen-bond donors (Lipinski definition) is 1. The minimum absolute atomic E-state index is 0.673. The number of rotatable bonds is 3. The van der Waals surface area contributed by atoms with Gasteiger partial charge in [0.15, 0.2) is 0 Å². The smallest absolute Gasteiger partial charge is 0.126 e. The number of nitrogens with zero attached hydrogens (tertiary/aromatic N) is 2. The molecule has 1 N–H and O–H groups in total. The largest absolute Gasteiger partial charge is 0.368 e. The van der Waals surface area contributed by atoms with Crippen LogP contribution in [0.1, 0.15) is 18.5 Å². The van der Waals surface area contributed by atoms with Gasteiger partial charge in [-0.1, -0.05) is 6.07 Å². The Balaban J connectivity index is 1.87. The molecule has 1 saturated heterocycles. The van der Waals surface area contributed by atoms with E-state index < -0.39 is 0 Å². The Morgan fingerprint density at radius 1 is 1.53 bits per heavy atom. The molecular formula is C12H19N3. The summed E-state index contributed by atoms with van der Waals surface area (Å²) >= 11 is 0. The van der Waals surface area contributed by atoms with Crippen molar-refractivity contribution >= 4 is 5.82 Å². The van der Waals surface area contributed by atoms with Gasteiger partial charge < -0.3 is 10.2 Å². The molecule has 2 heterocycles. The minimum atomic E-state index is 0.673. The van der Waals surface area contributed by atoms with Gasteiger partial charge >= 0.3 is 0 Å². The molecule has 1 atom stereocenters. The Morgan fingerprint density at radius 2 is 2.40 bits per heavy atom. The van der Waals surface area contributed by atoms with E-state index >= 15 is 0 Å². The number of aromatic nitrogens is 1. The predicted octanol–water partition coefficient (Wildman–Crippen LogP) is 1.90. The van der Waals surface area contributed by atoms with Crippen LogP contribution >= 0.6 is 0 Å². The third-order valence-corrected chi connectivity index (χ3v) is 3.08. The summed E-state index contributed by atoms with van der Waals surface area (Å²) in [6.07, 6.45) is 2.62. The van der Waals surface area contributed by atoms with E-state index in [1.165, 1.54) is 19.4 Å². The molecule has 0 aliphatic carbocycles. The van der Waals surface area contributed by atoms with Crippen LogP contribution in [0.5, 0.6) is 0 Å². The molecule has 1 aliphatic heterocycles. The third-order valence-electron chi connectivity index (χ3n) is 3.08. The number of aryl methyl sites for hydroxylation is 1. The summed E-state index contributed by atoms with van der Waals surface area (Å²) in [6, 6.07) is 6.77. The zero-order valence-electron chi connectivity index (χ0n) is 9.53. The summed E-state index contributed by atoms with van der Waals surface area (Å²) in [6.45, 7) is 4.26. The number of likely N-dealkylation sites (N-methyl/N-ethyl adjacent to an activating group) is 1. The van der Waals surface area contributed by atoms with E-state index in [-0.39, 0.29) is 0 Å². The lowest BCUT2D eigenvalue weighted by Crippen LogP contribution is -2.31. The van der Waals surface area contributed by atoms with Crippen LogP contribution in [0.15, 0.2) is 18.2 Å². The highest BCUT2D eigenvalue weighted by molar-refractivity contribution is 5.35. The van der Waals surface area contributed by atoms with Crippen LogP contribution in [0.3, 0.4) is 0 Å². The van der Waals surface area contributed by atoms with Gasteiger partial charge in [-0.15, -0.1) is 0 Å². The molecule has 1 aromatic rings. The summed E-state index contributed by atoms with van der Waals surface area (Å²) in [5.41, 5.74) is 1.07. The van der Waals surface area contributed by atoms with E-state index in [9.17, 15) is 0 Å². The maximum atomic E-state index is 4.43. The van der Waals surface area contributed by atoms with Crippen molar-refractivity contribution in [3.63, 3.8) is 0 Å². The molecular weight excluding hydrogens is 186 g/mol. The van der Waals surface area contributed by atoms with Gasteiger partial charge in [0.25, 0.3) is 0 Å². The summed E-state index contributed by atoms with van der Waals surface area (Å²) in [4.78, 5) is 6.85. The number of pyridine rings is 1. The molecule has 1 fully saturated rings. The molecule has 0 spiro atoms. The molecule has 0 saturated carbocycles. The highest BCUT2D eigenvalue weighted by Crippen LogP contribution is 2.15. The Kier molecular flexibility index (Phi) is 3.21. The van der Waals surface area contributed by atoms with Gasteiger partial charge in [-0.25, -0.2) is 4.98 Å². The second-order valence-electron chi connectivity index (χ2n) is 4.32. The molecule has 2 rings (SSSR count). The number of hydrogen-bond acceptors (Lipinski definition) is 3. The lowest BCUT2D eigenvalue weighted by Gasteiger charge is -2.19. The summed E-state index contributed by atoms with van der Waals surface area (Å²) in [5, 5.41) is 3.41. The average Bonchev–Trinajstić information content (AvgIpc) is 2.61. The van der Waals surface area contributed by atoms with Crippen LogP contribution < -0.4 is 5.32 Å². The summed E-state index contributed by atoms with van der Waals surface area (Å²) in [7, 11) is 2.20. The zero-order chi connectivity index (χ0) is 10.7. The molecule has 15 heavy (non-hydrogen) atoms. The maximum absolute atomic E-state index is 4.43. The van der Waals surface area contributed by atoms with Gasteiger partial charge in [0.2, 0.25) is 0 Å². The van der Waals surface area contributed by atoms with Crippen LogP contribution in [0.2, 0.25) is 0 Å². The quantitative estimate of drug-likeness (QED) is 0.817. The van der Waals surface area contributed by atoms with Crippen LogP contribution in [-0.4, -0.2) is 36.1 Å². The average molecular weight is 205 g/mol. The molecule has 0 radical (unpaired) electrons. The fourth-order valence-electron chi connectivity index (χ4n) is 2.10. The first-order chi connectivity index (χ1) is 7.25. The molecule has 82 valence electrons. The van der Waals surface area contributed by atoms with E-state index in [4.69, 9.17) is 0 Å². The SMILES string of the molecule is Cc1cccc(NCC2CCCN2C)n1. The summed E-state index contributed by atoms with van der Waals surface area (Å²) in [5.74, 6) is 0.996. The fourth-order valence-corrected chi connectivity index (χ4v) is 2.10. The fraction of sp³-hybridized carbons (Fsp3) is 0.583. The second-order valence-corrected chi connectivity index (χ2v) is 4.32. The van der Waals surface area contributed by atoms with Crippen molar-refractivity contribution in [2.45, 2.75) is 25.8 Å². The molecule has 1 aliphatic rings. The minimum Gasteiger partial charge on any atom is -0.368 e. The van der Waals surface area contributed by atoms with Crippen molar-refractivity contribution in [1.29, 1.82) is 0 Å². The molecule has 1 aromatic heterocycles. The lowest BCUT2D eigenvalue weighted by molar-refractivity contribution is 0.322. The van der Waals surface area contributed by atoms with Crippen molar-refractivity contribution in [3.8, 4) is 0 Å².